The topological polar surface area (TPSA) is 59.8 Å². The van der Waals surface area contributed by atoms with Gasteiger partial charge in [-0.15, -0.1) is 0 Å². The van der Waals surface area contributed by atoms with Crippen LogP contribution in [0.3, 0.4) is 0 Å². The highest BCUT2D eigenvalue weighted by Crippen LogP contribution is 2.21. The van der Waals surface area contributed by atoms with E-state index in [0.29, 0.717) is 5.69 Å². The van der Waals surface area contributed by atoms with Gasteiger partial charge in [-0.05, 0) is 30.0 Å². The lowest BCUT2D eigenvalue weighted by Crippen LogP contribution is -2.33. The lowest BCUT2D eigenvalue weighted by Gasteiger charge is -2.22. The van der Waals surface area contributed by atoms with Gasteiger partial charge in [0.25, 0.3) is 5.91 Å². The number of nitrogens with zero attached hydrogens (tertiary/aromatic N) is 3. The molecule has 0 saturated carbocycles. The summed E-state index contributed by atoms with van der Waals surface area (Å²) in [5.41, 5.74) is 1.62. The number of rotatable bonds is 6. The Bertz CT molecular complexity index is 577. The first-order chi connectivity index (χ1) is 10.1. The fourth-order valence-electron chi connectivity index (χ4n) is 2.33. The first-order valence-electron chi connectivity index (χ1n) is 7.36. The van der Waals surface area contributed by atoms with E-state index in [1.165, 1.54) is 0 Å². The molecular weight excluding hydrogens is 264 g/mol. The van der Waals surface area contributed by atoms with E-state index < -0.39 is 0 Å². The third-order valence-electron chi connectivity index (χ3n) is 3.38. The van der Waals surface area contributed by atoms with E-state index in [4.69, 9.17) is 0 Å². The molecule has 1 amide bonds. The number of nitrogens with one attached hydrogen (secondary N) is 1. The minimum Gasteiger partial charge on any atom is -0.344 e. The van der Waals surface area contributed by atoms with Crippen LogP contribution in [-0.4, -0.2) is 20.7 Å². The molecule has 0 aliphatic rings. The van der Waals surface area contributed by atoms with E-state index in [1.54, 1.807) is 29.3 Å². The standard InChI is InChI=1S/C16H22N4O/c1-4-10-20-14(7-9-18-20)16(21)19-15(12(2)3)13-6-5-8-17-11-13/h5-9,11-12,15H,4,10H2,1-3H3,(H,19,21)/t15-/m1/s1. The molecule has 5 nitrogen and oxygen atoms in total. The summed E-state index contributed by atoms with van der Waals surface area (Å²) < 4.78 is 1.75. The number of pyridine rings is 1. The maximum absolute atomic E-state index is 12.5. The van der Waals surface area contributed by atoms with E-state index in [9.17, 15) is 4.79 Å². The summed E-state index contributed by atoms with van der Waals surface area (Å²) in [4.78, 5) is 16.6. The predicted octanol–water partition coefficient (Wildman–Crippen LogP) is 2.82. The van der Waals surface area contributed by atoms with Crippen LogP contribution in [-0.2, 0) is 6.54 Å². The zero-order valence-corrected chi connectivity index (χ0v) is 12.8. The molecular formula is C16H22N4O. The molecule has 0 aliphatic carbocycles. The minimum atomic E-state index is -0.0940. The molecule has 0 unspecified atom stereocenters. The Morgan fingerprint density at radius 1 is 1.33 bits per heavy atom. The average Bonchev–Trinajstić information content (AvgIpc) is 2.94. The Balaban J connectivity index is 2.17. The van der Waals surface area contributed by atoms with Gasteiger partial charge in [0.15, 0.2) is 0 Å². The van der Waals surface area contributed by atoms with Crippen molar-refractivity contribution in [3.63, 3.8) is 0 Å². The van der Waals surface area contributed by atoms with Gasteiger partial charge in [-0.3, -0.25) is 14.5 Å². The van der Waals surface area contributed by atoms with E-state index in [-0.39, 0.29) is 17.9 Å². The van der Waals surface area contributed by atoms with E-state index in [0.717, 1.165) is 18.5 Å². The molecule has 0 saturated heterocycles. The van der Waals surface area contributed by atoms with Gasteiger partial charge in [-0.1, -0.05) is 26.8 Å². The lowest BCUT2D eigenvalue weighted by molar-refractivity contribution is 0.0914. The number of amides is 1. The number of hydrogen-bond acceptors (Lipinski definition) is 3. The molecule has 2 rings (SSSR count). The highest BCUT2D eigenvalue weighted by Gasteiger charge is 2.21. The molecule has 0 radical (unpaired) electrons. The largest absolute Gasteiger partial charge is 0.344 e. The highest BCUT2D eigenvalue weighted by atomic mass is 16.2. The van der Waals surface area contributed by atoms with Crippen molar-refractivity contribution in [3.05, 3.63) is 48.0 Å². The zero-order valence-electron chi connectivity index (χ0n) is 12.8. The number of carbonyl (C=O) groups excluding carboxylic acids is 1. The fourth-order valence-corrected chi connectivity index (χ4v) is 2.33. The second-order valence-electron chi connectivity index (χ2n) is 5.42. The predicted molar refractivity (Wildman–Crippen MR) is 81.8 cm³/mol. The third-order valence-corrected chi connectivity index (χ3v) is 3.38. The van der Waals surface area contributed by atoms with Crippen molar-refractivity contribution in [3.8, 4) is 0 Å². The molecule has 1 N–H and O–H groups in total. The molecule has 0 spiro atoms. The van der Waals surface area contributed by atoms with Gasteiger partial charge >= 0.3 is 0 Å². The molecule has 112 valence electrons. The second kappa shape index (κ2) is 7.02. The van der Waals surface area contributed by atoms with Crippen molar-refractivity contribution >= 4 is 5.91 Å². The van der Waals surface area contributed by atoms with E-state index in [2.05, 4.69) is 36.2 Å². The van der Waals surface area contributed by atoms with E-state index in [1.807, 2.05) is 12.1 Å². The van der Waals surface area contributed by atoms with Gasteiger partial charge in [0.2, 0.25) is 0 Å². The van der Waals surface area contributed by atoms with Crippen LogP contribution in [0, 0.1) is 5.92 Å². The molecule has 5 heteroatoms. The van der Waals surface area contributed by atoms with Gasteiger partial charge in [-0.2, -0.15) is 5.10 Å². The summed E-state index contributed by atoms with van der Waals surface area (Å²) in [6, 6.07) is 5.57. The molecule has 1 atom stereocenters. The van der Waals surface area contributed by atoms with Gasteiger partial charge in [-0.25, -0.2) is 0 Å². The molecule has 0 aliphatic heterocycles. The monoisotopic (exact) mass is 286 g/mol. The third kappa shape index (κ3) is 3.68. The summed E-state index contributed by atoms with van der Waals surface area (Å²) in [7, 11) is 0. The maximum Gasteiger partial charge on any atom is 0.270 e. The summed E-state index contributed by atoms with van der Waals surface area (Å²) in [5, 5.41) is 7.29. The first-order valence-corrected chi connectivity index (χ1v) is 7.36. The molecule has 2 heterocycles. The Hall–Kier alpha value is -2.17. The highest BCUT2D eigenvalue weighted by molar-refractivity contribution is 5.92. The first kappa shape index (κ1) is 15.2. The minimum absolute atomic E-state index is 0.0591. The van der Waals surface area contributed by atoms with Gasteiger partial charge in [0.1, 0.15) is 5.69 Å². The van der Waals surface area contributed by atoms with Crippen molar-refractivity contribution in [1.82, 2.24) is 20.1 Å². The molecule has 21 heavy (non-hydrogen) atoms. The van der Waals surface area contributed by atoms with Crippen LogP contribution in [0.1, 0.15) is 49.3 Å². The van der Waals surface area contributed by atoms with Crippen LogP contribution < -0.4 is 5.32 Å². The average molecular weight is 286 g/mol. The van der Waals surface area contributed by atoms with Gasteiger partial charge in [0, 0.05) is 25.1 Å². The van der Waals surface area contributed by atoms with Crippen LogP contribution >= 0.6 is 0 Å². The smallest absolute Gasteiger partial charge is 0.270 e. The van der Waals surface area contributed by atoms with Crippen LogP contribution in [0.2, 0.25) is 0 Å². The summed E-state index contributed by atoms with van der Waals surface area (Å²) in [5.74, 6) is 0.184. The number of aromatic nitrogens is 3. The van der Waals surface area contributed by atoms with Crippen LogP contribution in [0.4, 0.5) is 0 Å². The number of carbonyl (C=O) groups is 1. The lowest BCUT2D eigenvalue weighted by atomic mass is 9.97. The SMILES string of the molecule is CCCn1nccc1C(=O)N[C@@H](c1cccnc1)C(C)C. The Kier molecular flexibility index (Phi) is 5.09. The summed E-state index contributed by atoms with van der Waals surface area (Å²) >= 11 is 0. The maximum atomic E-state index is 12.5. The Labute approximate surface area is 125 Å². The van der Waals surface area contributed by atoms with Crippen molar-refractivity contribution in [2.24, 2.45) is 5.92 Å². The zero-order chi connectivity index (χ0) is 15.2. The van der Waals surface area contributed by atoms with Gasteiger partial charge < -0.3 is 5.32 Å². The Morgan fingerprint density at radius 2 is 2.14 bits per heavy atom. The molecule has 0 bridgehead atoms. The Morgan fingerprint density at radius 3 is 2.76 bits per heavy atom. The quantitative estimate of drug-likeness (QED) is 0.888. The van der Waals surface area contributed by atoms with Crippen molar-refractivity contribution < 1.29 is 4.79 Å². The molecule has 0 aromatic carbocycles. The normalized spacial score (nSPS) is 12.4. The molecule has 0 fully saturated rings. The number of hydrogen-bond donors (Lipinski definition) is 1. The van der Waals surface area contributed by atoms with E-state index >= 15 is 0 Å². The molecule has 2 aromatic rings. The number of aryl methyl sites for hydroxylation is 1. The summed E-state index contributed by atoms with van der Waals surface area (Å²) in [6.07, 6.45) is 6.14. The van der Waals surface area contributed by atoms with Crippen LogP contribution in [0.25, 0.3) is 0 Å². The molecule has 2 aromatic heterocycles. The van der Waals surface area contributed by atoms with Crippen molar-refractivity contribution in [1.29, 1.82) is 0 Å². The fraction of sp³-hybridized carbons (Fsp3) is 0.438. The van der Waals surface area contributed by atoms with Crippen LogP contribution in [0.5, 0.6) is 0 Å². The van der Waals surface area contributed by atoms with Crippen molar-refractivity contribution in [2.45, 2.75) is 39.8 Å². The van der Waals surface area contributed by atoms with Crippen molar-refractivity contribution in [2.75, 3.05) is 0 Å². The summed E-state index contributed by atoms with van der Waals surface area (Å²) in [6.45, 7) is 6.98. The van der Waals surface area contributed by atoms with Gasteiger partial charge in [0.05, 0.1) is 6.04 Å². The van der Waals surface area contributed by atoms with Crippen LogP contribution in [0.15, 0.2) is 36.8 Å². The second-order valence-corrected chi connectivity index (χ2v) is 5.42.